The monoisotopic (exact) mass is 596 g/mol. The molecule has 1 aliphatic carbocycles. The first-order valence-electron chi connectivity index (χ1n) is 13.8. The molecule has 1 aliphatic heterocycles. The van der Waals surface area contributed by atoms with Gasteiger partial charge in [-0.3, -0.25) is 14.4 Å². The maximum atomic E-state index is 14.5. The number of rotatable bonds is 3. The van der Waals surface area contributed by atoms with E-state index in [1.807, 2.05) is 18.2 Å². The first-order chi connectivity index (χ1) is 20.0. The predicted molar refractivity (Wildman–Crippen MR) is 142 cm³/mol. The van der Waals surface area contributed by atoms with Crippen molar-refractivity contribution in [3.8, 4) is 5.75 Å². The Bertz CT molecular complexity index is 1310. The maximum absolute atomic E-state index is 14.5. The molecule has 42 heavy (non-hydrogen) atoms. The van der Waals surface area contributed by atoms with Crippen molar-refractivity contribution >= 4 is 17.7 Å². The Morgan fingerprint density at radius 2 is 1.55 bits per heavy atom. The quantitative estimate of drug-likeness (QED) is 0.288. The van der Waals surface area contributed by atoms with E-state index in [-0.39, 0.29) is 18.4 Å². The van der Waals surface area contributed by atoms with Crippen molar-refractivity contribution in [2.75, 3.05) is 26.7 Å². The molecule has 2 aromatic carbocycles. The molecule has 8 nitrogen and oxygen atoms in total. The first-order valence-corrected chi connectivity index (χ1v) is 13.8. The molecule has 0 aromatic heterocycles. The molecule has 3 amide bonds. The van der Waals surface area contributed by atoms with Crippen LogP contribution >= 0.6 is 0 Å². The number of nitrogens with zero attached hydrogens (tertiary/aromatic N) is 1. The van der Waals surface area contributed by atoms with Gasteiger partial charge in [-0.15, -0.1) is 0 Å². The predicted octanol–water partition coefficient (Wildman–Crippen LogP) is 2.77. The lowest BCUT2D eigenvalue weighted by Crippen LogP contribution is -2.57. The van der Waals surface area contributed by atoms with Crippen molar-refractivity contribution in [1.82, 2.24) is 20.9 Å². The Morgan fingerprint density at radius 3 is 2.21 bits per heavy atom. The summed E-state index contributed by atoms with van der Waals surface area (Å²) in [7, 11) is 1.41. The summed E-state index contributed by atoms with van der Waals surface area (Å²) in [4.78, 5) is 40.8. The molecule has 2 aromatic rings. The summed E-state index contributed by atoms with van der Waals surface area (Å²) in [6.07, 6.45) is 1.54. The number of hydrogen-bond acceptors (Lipinski definition) is 5. The van der Waals surface area contributed by atoms with Crippen LogP contribution in [0.4, 0.5) is 22.0 Å². The minimum Gasteiger partial charge on any atom is -0.492 e. The molecule has 1 heterocycles. The van der Waals surface area contributed by atoms with E-state index in [1.54, 1.807) is 6.07 Å². The van der Waals surface area contributed by atoms with Crippen LogP contribution in [0.5, 0.6) is 5.75 Å². The molecule has 1 saturated carbocycles. The fraction of sp³-hybridized carbons (Fsp3) is 0.483. The summed E-state index contributed by atoms with van der Waals surface area (Å²) in [5, 5.41) is 8.12. The zero-order chi connectivity index (χ0) is 30.6. The second-order valence-corrected chi connectivity index (χ2v) is 10.6. The maximum Gasteiger partial charge on any atom is 0.243 e. The Hall–Kier alpha value is -3.74. The van der Waals surface area contributed by atoms with E-state index in [2.05, 4.69) is 16.0 Å². The highest BCUT2D eigenvalue weighted by Gasteiger charge is 2.39. The molecule has 0 radical (unpaired) electrons. The Labute approximate surface area is 240 Å². The fourth-order valence-electron chi connectivity index (χ4n) is 4.85. The minimum atomic E-state index is -2.33. The van der Waals surface area contributed by atoms with E-state index in [9.17, 15) is 36.3 Å². The summed E-state index contributed by atoms with van der Waals surface area (Å²) in [5.74, 6) is -12.2. The number of nitrogens with one attached hydrogen (secondary N) is 3. The van der Waals surface area contributed by atoms with Gasteiger partial charge in [-0.2, -0.15) is 0 Å². The zero-order valence-electron chi connectivity index (χ0n) is 23.2. The zero-order valence-corrected chi connectivity index (χ0v) is 23.2. The van der Waals surface area contributed by atoms with Crippen molar-refractivity contribution in [1.29, 1.82) is 0 Å². The Morgan fingerprint density at radius 1 is 0.905 bits per heavy atom. The fourth-order valence-corrected chi connectivity index (χ4v) is 4.85. The topological polar surface area (TPSA) is 99.8 Å². The second-order valence-electron chi connectivity index (χ2n) is 10.6. The van der Waals surface area contributed by atoms with E-state index in [0.717, 1.165) is 18.4 Å². The molecule has 1 fully saturated rings. The van der Waals surface area contributed by atoms with Gasteiger partial charge in [0.15, 0.2) is 23.3 Å². The van der Waals surface area contributed by atoms with Gasteiger partial charge >= 0.3 is 0 Å². The number of benzene rings is 2. The number of likely N-dealkylation sites (N-methyl/N-ethyl adjacent to an activating group) is 1. The highest BCUT2D eigenvalue weighted by atomic mass is 19.2. The van der Waals surface area contributed by atoms with Gasteiger partial charge in [-0.25, -0.2) is 22.0 Å². The standard InChI is InChI=1S/C29H33F5N4O4/c1-15-27(39)37-19(14-18-21(30)23(32)25(34)24(33)22(18)31)28(40)36-11-5-7-16-6-3-4-8-20(16)42-13-12-35-26(17-9-10-17)29(41)38(15)2/h3-4,6,8,15,17,19,26,35H,5,7,9-14H2,1-2H3,(H,36,40)(H,37,39)/t15-,19-,26+/m1/s1. The number of fused-ring (bicyclic) bond motifs is 1. The lowest BCUT2D eigenvalue weighted by molar-refractivity contribution is -0.141. The summed E-state index contributed by atoms with van der Waals surface area (Å²) < 4.78 is 76.3. The van der Waals surface area contributed by atoms with Crippen LogP contribution in [0.1, 0.15) is 37.3 Å². The molecule has 13 heteroatoms. The van der Waals surface area contributed by atoms with Gasteiger partial charge in [0.1, 0.15) is 24.4 Å². The molecule has 0 unspecified atom stereocenters. The molecule has 0 spiro atoms. The van der Waals surface area contributed by atoms with Crippen molar-refractivity contribution in [2.45, 2.75) is 57.2 Å². The smallest absolute Gasteiger partial charge is 0.243 e. The lowest BCUT2D eigenvalue weighted by atomic mass is 10.0. The van der Waals surface area contributed by atoms with Crippen LogP contribution in [0.15, 0.2) is 24.3 Å². The molecule has 0 saturated heterocycles. The summed E-state index contributed by atoms with van der Waals surface area (Å²) in [6, 6.07) is 3.90. The number of halogens is 5. The average Bonchev–Trinajstić information content (AvgIpc) is 3.83. The summed E-state index contributed by atoms with van der Waals surface area (Å²) in [6.45, 7) is 2.15. The summed E-state index contributed by atoms with van der Waals surface area (Å²) in [5.41, 5.74) is -0.377. The summed E-state index contributed by atoms with van der Waals surface area (Å²) >= 11 is 0. The van der Waals surface area contributed by atoms with Gasteiger partial charge in [-0.1, -0.05) is 18.2 Å². The highest BCUT2D eigenvalue weighted by Crippen LogP contribution is 2.33. The largest absolute Gasteiger partial charge is 0.492 e. The molecule has 2 aliphatic rings. The number of amides is 3. The number of carbonyl (C=O) groups is 3. The molecule has 3 atom stereocenters. The van der Waals surface area contributed by atoms with Crippen molar-refractivity contribution < 1.29 is 41.1 Å². The van der Waals surface area contributed by atoms with Crippen LogP contribution in [-0.2, 0) is 27.2 Å². The van der Waals surface area contributed by atoms with Gasteiger partial charge in [0.2, 0.25) is 23.5 Å². The third-order valence-corrected chi connectivity index (χ3v) is 7.63. The van der Waals surface area contributed by atoms with Crippen LogP contribution in [0, 0.1) is 35.0 Å². The normalized spacial score (nSPS) is 23.3. The van der Waals surface area contributed by atoms with Crippen LogP contribution in [-0.4, -0.2) is 67.5 Å². The number of para-hydroxylation sites is 1. The van der Waals surface area contributed by atoms with Crippen LogP contribution in [0.3, 0.4) is 0 Å². The van der Waals surface area contributed by atoms with E-state index < -0.39 is 71.0 Å². The minimum absolute atomic E-state index is 0.0702. The van der Waals surface area contributed by atoms with Gasteiger partial charge in [0, 0.05) is 32.1 Å². The van der Waals surface area contributed by atoms with Gasteiger partial charge in [0.05, 0.1) is 6.04 Å². The van der Waals surface area contributed by atoms with Crippen LogP contribution < -0.4 is 20.7 Å². The molecule has 0 bridgehead atoms. The lowest BCUT2D eigenvalue weighted by Gasteiger charge is -2.30. The number of aryl methyl sites for hydroxylation is 1. The molecular formula is C29H33F5N4O4. The number of ether oxygens (including phenoxy) is 1. The molecule has 4 rings (SSSR count). The molecule has 3 N–H and O–H groups in total. The Kier molecular flexibility index (Phi) is 10.0. The average molecular weight is 597 g/mol. The van der Waals surface area contributed by atoms with E-state index in [1.165, 1.54) is 18.9 Å². The molecular weight excluding hydrogens is 563 g/mol. The number of carbonyl (C=O) groups excluding carboxylic acids is 3. The van der Waals surface area contributed by atoms with Crippen molar-refractivity contribution in [3.63, 3.8) is 0 Å². The second kappa shape index (κ2) is 13.5. The van der Waals surface area contributed by atoms with Crippen LogP contribution in [0.25, 0.3) is 0 Å². The molecule has 228 valence electrons. The first kappa shape index (κ1) is 31.2. The van der Waals surface area contributed by atoms with E-state index >= 15 is 0 Å². The van der Waals surface area contributed by atoms with Crippen molar-refractivity contribution in [2.24, 2.45) is 5.92 Å². The van der Waals surface area contributed by atoms with E-state index in [0.29, 0.717) is 31.7 Å². The Balaban J connectivity index is 1.62. The van der Waals surface area contributed by atoms with Crippen LogP contribution in [0.2, 0.25) is 0 Å². The van der Waals surface area contributed by atoms with E-state index in [4.69, 9.17) is 4.74 Å². The number of hydrogen-bond donors (Lipinski definition) is 3. The third-order valence-electron chi connectivity index (χ3n) is 7.63. The van der Waals surface area contributed by atoms with Gasteiger partial charge in [0.25, 0.3) is 0 Å². The third kappa shape index (κ3) is 7.00. The van der Waals surface area contributed by atoms with Crippen molar-refractivity contribution in [3.05, 3.63) is 64.5 Å². The van der Waals surface area contributed by atoms with Gasteiger partial charge in [-0.05, 0) is 50.2 Å². The highest BCUT2D eigenvalue weighted by molar-refractivity contribution is 5.93. The van der Waals surface area contributed by atoms with Gasteiger partial charge < -0.3 is 25.6 Å². The SMILES string of the molecule is C[C@@H]1C(=O)N[C@H](Cc2c(F)c(F)c(F)c(F)c2F)C(=O)NCCCc2ccccc2OCCN[C@@H](C2CC2)C(=O)N1C.